The number of carbonyl (C=O) groups is 3. The summed E-state index contributed by atoms with van der Waals surface area (Å²) in [4.78, 5) is 34.7. The maximum absolute atomic E-state index is 12.1. The summed E-state index contributed by atoms with van der Waals surface area (Å²) in [5.41, 5.74) is 3.04. The molecule has 0 aromatic carbocycles. The molecule has 29 heavy (non-hydrogen) atoms. The molecule has 5 heteroatoms. The Bertz CT molecular complexity index is 623. The first-order chi connectivity index (χ1) is 13.7. The van der Waals surface area contributed by atoms with Crippen LogP contribution in [-0.2, 0) is 23.9 Å². The summed E-state index contributed by atoms with van der Waals surface area (Å²) >= 11 is 0. The molecule has 0 saturated carbocycles. The molecule has 0 spiro atoms. The summed E-state index contributed by atoms with van der Waals surface area (Å²) in [7, 11) is 0. The van der Waals surface area contributed by atoms with E-state index in [-0.39, 0.29) is 23.6 Å². The van der Waals surface area contributed by atoms with Gasteiger partial charge in [0.25, 0.3) is 0 Å². The van der Waals surface area contributed by atoms with Crippen LogP contribution in [0.25, 0.3) is 0 Å². The third-order valence-corrected chi connectivity index (χ3v) is 4.50. The fraction of sp³-hybridized carbons (Fsp3) is 0.625. The Kier molecular flexibility index (Phi) is 14.5. The first-order valence-corrected chi connectivity index (χ1v) is 10.5. The molecule has 0 atom stereocenters. The van der Waals surface area contributed by atoms with Crippen molar-refractivity contribution in [2.75, 3.05) is 13.2 Å². The SMILES string of the molecule is CCOC(=O)/C(=C/CC/C(C)=C/CC/C(C)=C/COC(C)=O)CCC(=O)C(C)C. The molecule has 164 valence electrons. The average molecular weight is 407 g/mol. The molecular weight excluding hydrogens is 368 g/mol. The van der Waals surface area contributed by atoms with Crippen molar-refractivity contribution in [2.45, 2.75) is 80.1 Å². The van der Waals surface area contributed by atoms with Gasteiger partial charge in [0, 0.05) is 24.8 Å². The van der Waals surface area contributed by atoms with E-state index in [1.54, 1.807) is 6.92 Å². The predicted molar refractivity (Wildman–Crippen MR) is 116 cm³/mol. The van der Waals surface area contributed by atoms with Crippen molar-refractivity contribution in [1.29, 1.82) is 0 Å². The standard InChI is InChI=1S/C24H38O5/c1-7-28-24(27)22(14-15-23(26)18(2)3)13-9-12-19(4)10-8-11-20(5)16-17-29-21(6)25/h10,13,16,18H,7-9,11-12,14-15,17H2,1-6H3/b19-10+,20-16+,22-13+. The number of esters is 2. The molecule has 0 rings (SSSR count). The summed E-state index contributed by atoms with van der Waals surface area (Å²) < 4.78 is 10.0. The highest BCUT2D eigenvalue weighted by Crippen LogP contribution is 2.15. The molecule has 5 nitrogen and oxygen atoms in total. The lowest BCUT2D eigenvalue weighted by Gasteiger charge is -2.08. The molecule has 0 heterocycles. The van der Waals surface area contributed by atoms with E-state index >= 15 is 0 Å². The van der Waals surface area contributed by atoms with Crippen LogP contribution >= 0.6 is 0 Å². The zero-order chi connectivity index (χ0) is 22.2. The zero-order valence-corrected chi connectivity index (χ0v) is 19.0. The van der Waals surface area contributed by atoms with Crippen LogP contribution in [0.5, 0.6) is 0 Å². The van der Waals surface area contributed by atoms with E-state index in [4.69, 9.17) is 9.47 Å². The van der Waals surface area contributed by atoms with Crippen LogP contribution in [0.3, 0.4) is 0 Å². The van der Waals surface area contributed by atoms with Crippen LogP contribution in [0.1, 0.15) is 80.1 Å². The quantitative estimate of drug-likeness (QED) is 0.216. The molecule has 0 unspecified atom stereocenters. The average Bonchev–Trinajstić information content (AvgIpc) is 2.63. The van der Waals surface area contributed by atoms with Crippen molar-refractivity contribution in [2.24, 2.45) is 5.92 Å². The molecule has 0 aliphatic rings. The van der Waals surface area contributed by atoms with Crippen LogP contribution in [0.15, 0.2) is 34.9 Å². The monoisotopic (exact) mass is 406 g/mol. The van der Waals surface area contributed by atoms with Gasteiger partial charge in [0.2, 0.25) is 0 Å². The first kappa shape index (κ1) is 26.8. The molecule has 0 saturated heterocycles. The van der Waals surface area contributed by atoms with Crippen LogP contribution in [0, 0.1) is 5.92 Å². The Morgan fingerprint density at radius 1 is 0.793 bits per heavy atom. The Hall–Kier alpha value is -2.17. The minimum absolute atomic E-state index is 0.0184. The lowest BCUT2D eigenvalue weighted by atomic mass is 9.99. The molecule has 0 aliphatic heterocycles. The van der Waals surface area contributed by atoms with Crippen molar-refractivity contribution in [1.82, 2.24) is 0 Å². The number of allylic oxidation sites excluding steroid dienone is 4. The highest BCUT2D eigenvalue weighted by atomic mass is 16.5. The highest BCUT2D eigenvalue weighted by molar-refractivity contribution is 5.90. The van der Waals surface area contributed by atoms with E-state index in [9.17, 15) is 14.4 Å². The van der Waals surface area contributed by atoms with E-state index in [0.29, 0.717) is 31.6 Å². The second-order valence-corrected chi connectivity index (χ2v) is 7.55. The molecule has 0 bridgehead atoms. The van der Waals surface area contributed by atoms with Gasteiger partial charge in [-0.05, 0) is 59.0 Å². The number of carbonyl (C=O) groups excluding carboxylic acids is 3. The number of hydrogen-bond acceptors (Lipinski definition) is 5. The van der Waals surface area contributed by atoms with E-state index in [0.717, 1.165) is 25.7 Å². The normalized spacial score (nSPS) is 12.9. The predicted octanol–water partition coefficient (Wildman–Crippen LogP) is 5.50. The van der Waals surface area contributed by atoms with Crippen molar-refractivity contribution < 1.29 is 23.9 Å². The zero-order valence-electron chi connectivity index (χ0n) is 19.0. The summed E-state index contributed by atoms with van der Waals surface area (Å²) in [6.45, 7) is 11.7. The van der Waals surface area contributed by atoms with Crippen LogP contribution in [-0.4, -0.2) is 30.9 Å². The molecular formula is C24H38O5. The van der Waals surface area contributed by atoms with Gasteiger partial charge in [-0.15, -0.1) is 0 Å². The van der Waals surface area contributed by atoms with Crippen molar-refractivity contribution in [3.63, 3.8) is 0 Å². The Morgan fingerprint density at radius 3 is 1.93 bits per heavy atom. The van der Waals surface area contributed by atoms with Crippen LogP contribution in [0.2, 0.25) is 0 Å². The second-order valence-electron chi connectivity index (χ2n) is 7.55. The van der Waals surface area contributed by atoms with E-state index < -0.39 is 0 Å². The smallest absolute Gasteiger partial charge is 0.333 e. The maximum atomic E-state index is 12.1. The topological polar surface area (TPSA) is 69.7 Å². The Labute approximate surface area is 176 Å². The number of ketones is 1. The molecule has 0 amide bonds. The van der Waals surface area contributed by atoms with Gasteiger partial charge in [-0.3, -0.25) is 9.59 Å². The highest BCUT2D eigenvalue weighted by Gasteiger charge is 2.14. The number of ether oxygens (including phenoxy) is 2. The van der Waals surface area contributed by atoms with Gasteiger partial charge in [0.15, 0.2) is 0 Å². The van der Waals surface area contributed by atoms with Crippen molar-refractivity contribution in [3.8, 4) is 0 Å². The van der Waals surface area contributed by atoms with Gasteiger partial charge in [0.05, 0.1) is 6.61 Å². The van der Waals surface area contributed by atoms with Gasteiger partial charge >= 0.3 is 11.9 Å². The summed E-state index contributed by atoms with van der Waals surface area (Å²) in [6, 6.07) is 0. The third-order valence-electron chi connectivity index (χ3n) is 4.50. The Balaban J connectivity index is 4.56. The minimum Gasteiger partial charge on any atom is -0.463 e. The summed E-state index contributed by atoms with van der Waals surface area (Å²) in [5, 5.41) is 0. The van der Waals surface area contributed by atoms with Gasteiger partial charge < -0.3 is 9.47 Å². The van der Waals surface area contributed by atoms with Gasteiger partial charge in [-0.1, -0.05) is 37.1 Å². The first-order valence-electron chi connectivity index (χ1n) is 10.5. The van der Waals surface area contributed by atoms with Crippen LogP contribution in [0.4, 0.5) is 0 Å². The van der Waals surface area contributed by atoms with Crippen molar-refractivity contribution in [3.05, 3.63) is 34.9 Å². The van der Waals surface area contributed by atoms with E-state index in [1.165, 1.54) is 18.1 Å². The lowest BCUT2D eigenvalue weighted by molar-refractivity contribution is -0.140. The van der Waals surface area contributed by atoms with E-state index in [2.05, 4.69) is 13.0 Å². The van der Waals surface area contributed by atoms with Gasteiger partial charge in [-0.25, -0.2) is 4.79 Å². The molecule has 0 N–H and O–H groups in total. The molecule has 0 radical (unpaired) electrons. The summed E-state index contributed by atoms with van der Waals surface area (Å²) in [5.74, 6) is -0.448. The Morgan fingerprint density at radius 2 is 1.38 bits per heavy atom. The second kappa shape index (κ2) is 15.7. The third kappa shape index (κ3) is 14.5. The van der Waals surface area contributed by atoms with Gasteiger partial charge in [0.1, 0.15) is 12.4 Å². The maximum Gasteiger partial charge on any atom is 0.333 e. The number of hydrogen-bond donors (Lipinski definition) is 0. The van der Waals surface area contributed by atoms with Crippen molar-refractivity contribution >= 4 is 17.7 Å². The molecule has 0 aromatic heterocycles. The summed E-state index contributed by atoms with van der Waals surface area (Å²) in [6.07, 6.45) is 10.3. The van der Waals surface area contributed by atoms with E-state index in [1.807, 2.05) is 32.9 Å². The van der Waals surface area contributed by atoms with Crippen LogP contribution < -0.4 is 0 Å². The number of Topliss-reactive ketones (excluding diaryl/α,β-unsaturated/α-hetero) is 1. The fourth-order valence-corrected chi connectivity index (χ4v) is 2.58. The largest absolute Gasteiger partial charge is 0.463 e. The molecule has 0 aliphatic carbocycles. The minimum atomic E-state index is -0.320. The fourth-order valence-electron chi connectivity index (χ4n) is 2.58. The molecule has 0 fully saturated rings. The van der Waals surface area contributed by atoms with Gasteiger partial charge in [-0.2, -0.15) is 0 Å². The lowest BCUT2D eigenvalue weighted by Crippen LogP contribution is -2.12. The molecule has 0 aromatic rings. The number of rotatable bonds is 14.